The Bertz CT molecular complexity index is 1190. The molecule has 0 aliphatic rings. The Balaban J connectivity index is 2.50. The summed E-state index contributed by atoms with van der Waals surface area (Å²) in [6.07, 6.45) is 4.27. The normalized spacial score (nSPS) is 12.0. The topological polar surface area (TPSA) is 113 Å². The van der Waals surface area contributed by atoms with Crippen LogP contribution in [-0.4, -0.2) is 23.1 Å². The van der Waals surface area contributed by atoms with Gasteiger partial charge in [0.1, 0.15) is 15.3 Å². The van der Waals surface area contributed by atoms with Crippen molar-refractivity contribution in [3.63, 3.8) is 0 Å². The first-order valence-corrected chi connectivity index (χ1v) is 10.6. The molecule has 0 saturated carbocycles. The maximum atomic E-state index is 12.9. The van der Waals surface area contributed by atoms with Gasteiger partial charge in [0.05, 0.1) is 6.61 Å². The molecule has 0 aliphatic heterocycles. The number of aromatic nitrogens is 1. The smallest absolute Gasteiger partial charge is 0.351 e. The number of carbonyl (C=O) groups is 2. The second-order valence-electron chi connectivity index (χ2n) is 6.35. The van der Waals surface area contributed by atoms with Gasteiger partial charge in [-0.2, -0.15) is 5.26 Å². The molecule has 0 atom stereocenters. The van der Waals surface area contributed by atoms with Crippen LogP contribution in [0.25, 0.3) is 11.8 Å². The highest BCUT2D eigenvalue weighted by Gasteiger charge is 2.16. The Morgan fingerprint density at radius 3 is 2.71 bits per heavy atom. The number of benzene rings is 1. The lowest BCUT2D eigenvalue weighted by Gasteiger charge is -2.05. The maximum Gasteiger partial charge on any atom is 0.351 e. The molecule has 0 unspecified atom stereocenters. The fraction of sp³-hybridized carbons (Fsp3) is 0.273. The highest BCUT2D eigenvalue weighted by molar-refractivity contribution is 7.07. The number of rotatable bonds is 9. The lowest BCUT2D eigenvalue weighted by Crippen LogP contribution is -2.33. The van der Waals surface area contributed by atoms with E-state index >= 15 is 0 Å². The highest BCUT2D eigenvalue weighted by atomic mass is 32.1. The van der Waals surface area contributed by atoms with E-state index in [9.17, 15) is 19.6 Å². The monoisotopic (exact) mass is 440 g/mol. The van der Waals surface area contributed by atoms with E-state index in [0.717, 1.165) is 24.2 Å². The van der Waals surface area contributed by atoms with Gasteiger partial charge in [0, 0.05) is 24.1 Å². The third-order valence-corrected chi connectivity index (χ3v) is 5.26. The maximum absolute atomic E-state index is 12.9. The van der Waals surface area contributed by atoms with E-state index in [1.165, 1.54) is 16.8 Å². The minimum atomic E-state index is -0.748. The van der Waals surface area contributed by atoms with Crippen LogP contribution in [0, 0.1) is 11.3 Å². The third-order valence-electron chi connectivity index (χ3n) is 4.13. The average Bonchev–Trinajstić information content (AvgIpc) is 3.06. The number of anilines is 2. The summed E-state index contributed by atoms with van der Waals surface area (Å²) in [6.45, 7) is 7.58. The Morgan fingerprint density at radius 1 is 1.32 bits per heavy atom. The Morgan fingerprint density at radius 2 is 2.06 bits per heavy atom. The van der Waals surface area contributed by atoms with Crippen LogP contribution < -0.4 is 25.4 Å². The number of esters is 1. The van der Waals surface area contributed by atoms with Crippen molar-refractivity contribution >= 4 is 46.4 Å². The number of amides is 1. The number of thiazole rings is 1. The standard InChI is InChI=1S/C22H24N4O4S/c1-4-7-11-26-20(28)18(31-21(26)17(13-23)22(29)30-6-3)14-24-15-9-8-10-16(12-15)25-19(27)5-2/h5,8-10,12,14,24H,2,4,6-7,11H2,1,3H3,(H,25,27)/b18-14+,21-17-. The van der Waals surface area contributed by atoms with Gasteiger partial charge in [0.15, 0.2) is 5.57 Å². The van der Waals surface area contributed by atoms with Crippen LogP contribution in [-0.2, 0) is 20.9 Å². The molecule has 2 aromatic rings. The van der Waals surface area contributed by atoms with Gasteiger partial charge in [-0.05, 0) is 37.6 Å². The molecule has 0 aliphatic carbocycles. The van der Waals surface area contributed by atoms with Crippen LogP contribution in [0.1, 0.15) is 26.7 Å². The summed E-state index contributed by atoms with van der Waals surface area (Å²) in [7, 11) is 0. The zero-order chi connectivity index (χ0) is 22.8. The molecule has 8 nitrogen and oxygen atoms in total. The molecular formula is C22H24N4O4S. The van der Waals surface area contributed by atoms with Crippen molar-refractivity contribution in [2.75, 3.05) is 17.2 Å². The first-order valence-electron chi connectivity index (χ1n) is 9.76. The van der Waals surface area contributed by atoms with Gasteiger partial charge in [-0.3, -0.25) is 14.2 Å². The fourth-order valence-corrected chi connectivity index (χ4v) is 3.68. The van der Waals surface area contributed by atoms with Gasteiger partial charge in [0.25, 0.3) is 5.56 Å². The molecule has 9 heteroatoms. The van der Waals surface area contributed by atoms with Crippen molar-refractivity contribution in [3.8, 4) is 6.07 Å². The zero-order valence-electron chi connectivity index (χ0n) is 17.4. The number of nitrogens with zero attached hydrogens (tertiary/aromatic N) is 2. The fourth-order valence-electron chi connectivity index (χ4n) is 2.64. The van der Waals surface area contributed by atoms with Crippen molar-refractivity contribution in [2.24, 2.45) is 0 Å². The van der Waals surface area contributed by atoms with Crippen LogP contribution in [0.15, 0.2) is 41.7 Å². The van der Waals surface area contributed by atoms with Gasteiger partial charge in [-0.1, -0.05) is 26.0 Å². The third kappa shape index (κ3) is 6.17. The molecule has 0 bridgehead atoms. The minimum Gasteiger partial charge on any atom is -0.462 e. The highest BCUT2D eigenvalue weighted by Crippen LogP contribution is 2.15. The molecule has 31 heavy (non-hydrogen) atoms. The summed E-state index contributed by atoms with van der Waals surface area (Å²) in [6, 6.07) is 8.82. The Hall–Kier alpha value is -3.64. The summed E-state index contributed by atoms with van der Waals surface area (Å²) in [4.78, 5) is 36.6. The molecule has 0 spiro atoms. The molecule has 1 aromatic heterocycles. The predicted octanol–water partition coefficient (Wildman–Crippen LogP) is 1.92. The lowest BCUT2D eigenvalue weighted by molar-refractivity contribution is -0.136. The number of hydrogen-bond donors (Lipinski definition) is 2. The minimum absolute atomic E-state index is 0.133. The number of unbranched alkanes of at least 4 members (excludes halogenated alkanes) is 1. The van der Waals surface area contributed by atoms with E-state index in [1.807, 2.05) is 13.0 Å². The van der Waals surface area contributed by atoms with E-state index in [2.05, 4.69) is 17.2 Å². The van der Waals surface area contributed by atoms with Gasteiger partial charge in [0.2, 0.25) is 5.91 Å². The van der Waals surface area contributed by atoms with Gasteiger partial charge in [-0.25, -0.2) is 4.79 Å². The van der Waals surface area contributed by atoms with E-state index in [-0.39, 0.29) is 28.3 Å². The van der Waals surface area contributed by atoms with Crippen molar-refractivity contribution in [2.45, 2.75) is 33.2 Å². The van der Waals surface area contributed by atoms with Gasteiger partial charge >= 0.3 is 5.97 Å². The molecule has 2 N–H and O–H groups in total. The molecule has 0 radical (unpaired) electrons. The van der Waals surface area contributed by atoms with Gasteiger partial charge < -0.3 is 15.4 Å². The Kier molecular flexibility index (Phi) is 8.78. The van der Waals surface area contributed by atoms with E-state index in [1.54, 1.807) is 31.2 Å². The largest absolute Gasteiger partial charge is 0.462 e. The van der Waals surface area contributed by atoms with Crippen LogP contribution in [0.4, 0.5) is 11.4 Å². The number of carbonyl (C=O) groups excluding carboxylic acids is 2. The van der Waals surface area contributed by atoms with Gasteiger partial charge in [-0.15, -0.1) is 11.3 Å². The van der Waals surface area contributed by atoms with E-state index in [4.69, 9.17) is 4.74 Å². The van der Waals surface area contributed by atoms with Crippen molar-refractivity contribution in [1.29, 1.82) is 5.26 Å². The molecule has 1 amide bonds. The number of nitrogens with one attached hydrogen (secondary N) is 2. The molecule has 0 fully saturated rings. The van der Waals surface area contributed by atoms with Crippen molar-refractivity contribution in [3.05, 3.63) is 56.5 Å². The summed E-state index contributed by atoms with van der Waals surface area (Å²) in [5.74, 6) is -1.08. The van der Waals surface area contributed by atoms with Crippen LogP contribution in [0.3, 0.4) is 0 Å². The quantitative estimate of drug-likeness (QED) is 0.455. The summed E-state index contributed by atoms with van der Waals surface area (Å²) in [5.41, 5.74) is 0.729. The summed E-state index contributed by atoms with van der Waals surface area (Å²) < 4.78 is 7.02. The Labute approximate surface area is 183 Å². The van der Waals surface area contributed by atoms with E-state index in [0.29, 0.717) is 22.5 Å². The molecule has 1 aromatic carbocycles. The average molecular weight is 441 g/mol. The first kappa shape index (κ1) is 23.6. The molecule has 1 heterocycles. The lowest BCUT2D eigenvalue weighted by atomic mass is 10.2. The van der Waals surface area contributed by atoms with Crippen molar-refractivity contribution in [1.82, 2.24) is 4.57 Å². The number of hydrogen-bond acceptors (Lipinski definition) is 7. The zero-order valence-corrected chi connectivity index (χ0v) is 18.3. The predicted molar refractivity (Wildman–Crippen MR) is 122 cm³/mol. The number of ether oxygens (including phenoxy) is 1. The van der Waals surface area contributed by atoms with Crippen LogP contribution in [0.5, 0.6) is 0 Å². The second kappa shape index (κ2) is 11.5. The molecule has 0 saturated heterocycles. The SMILES string of the molecule is C=CC(=O)Nc1cccc(N/C=c2/s/c(=C(/C#N)C(=O)OCC)n(CCCC)c2=O)c1. The molecular weight excluding hydrogens is 416 g/mol. The molecule has 2 rings (SSSR count). The second-order valence-corrected chi connectivity index (χ2v) is 7.38. The van der Waals surface area contributed by atoms with Crippen LogP contribution >= 0.6 is 11.3 Å². The first-order chi connectivity index (χ1) is 14.9. The number of nitriles is 1. The van der Waals surface area contributed by atoms with Crippen molar-refractivity contribution < 1.29 is 14.3 Å². The summed E-state index contributed by atoms with van der Waals surface area (Å²) in [5, 5.41) is 15.2. The van der Waals surface area contributed by atoms with E-state index < -0.39 is 5.97 Å². The molecule has 162 valence electrons. The van der Waals surface area contributed by atoms with Crippen LogP contribution in [0.2, 0.25) is 0 Å². The summed E-state index contributed by atoms with van der Waals surface area (Å²) >= 11 is 1.05.